The molecule has 0 atom stereocenters. The fraction of sp³-hybridized carbons (Fsp3) is 0.176. The van der Waals surface area contributed by atoms with Crippen LogP contribution in [0.2, 0.25) is 0 Å². The van der Waals surface area contributed by atoms with Gasteiger partial charge >= 0.3 is 6.18 Å². The number of alkyl halides is 3. The van der Waals surface area contributed by atoms with E-state index in [0.29, 0.717) is 11.4 Å². The lowest BCUT2D eigenvalue weighted by Crippen LogP contribution is -2.04. The normalized spacial score (nSPS) is 11.5. The van der Waals surface area contributed by atoms with Crippen molar-refractivity contribution < 1.29 is 17.9 Å². The molecular formula is C17H14F3N3O. The minimum Gasteiger partial charge on any atom is -0.487 e. The maximum absolute atomic E-state index is 12.5. The standard InChI is InChI=1S/C17H14F3N3O/c1-12-2-6-15(7-3-12)23-10-14(21-22-23)11-24-16-8-4-13(5-9-16)17(18,19)20/h2-10H,11H2,1H3. The van der Waals surface area contributed by atoms with Gasteiger partial charge in [0.2, 0.25) is 0 Å². The molecule has 4 nitrogen and oxygen atoms in total. The molecular weight excluding hydrogens is 319 g/mol. The fourth-order valence-corrected chi connectivity index (χ4v) is 2.09. The van der Waals surface area contributed by atoms with Gasteiger partial charge in [-0.25, -0.2) is 4.68 Å². The number of nitrogens with zero attached hydrogens (tertiary/aromatic N) is 3. The Kier molecular flexibility index (Phi) is 4.24. The van der Waals surface area contributed by atoms with Gasteiger partial charge < -0.3 is 4.74 Å². The summed E-state index contributed by atoms with van der Waals surface area (Å²) in [4.78, 5) is 0. The van der Waals surface area contributed by atoms with Crippen LogP contribution in [0.1, 0.15) is 16.8 Å². The molecule has 0 saturated carbocycles. The molecule has 3 aromatic rings. The van der Waals surface area contributed by atoms with Crippen molar-refractivity contribution >= 4 is 0 Å². The second kappa shape index (κ2) is 6.35. The molecule has 0 bridgehead atoms. The lowest BCUT2D eigenvalue weighted by Gasteiger charge is -2.08. The van der Waals surface area contributed by atoms with Crippen molar-refractivity contribution in [3.63, 3.8) is 0 Å². The molecule has 1 heterocycles. The number of aryl methyl sites for hydroxylation is 1. The van der Waals surface area contributed by atoms with E-state index in [1.54, 1.807) is 10.9 Å². The smallest absolute Gasteiger partial charge is 0.416 e. The Morgan fingerprint density at radius 2 is 1.67 bits per heavy atom. The number of rotatable bonds is 4. The average Bonchev–Trinajstić information content (AvgIpc) is 3.02. The zero-order valence-corrected chi connectivity index (χ0v) is 12.8. The molecule has 0 radical (unpaired) electrons. The third-order valence-corrected chi connectivity index (χ3v) is 3.41. The van der Waals surface area contributed by atoms with E-state index in [2.05, 4.69) is 10.3 Å². The quantitative estimate of drug-likeness (QED) is 0.719. The van der Waals surface area contributed by atoms with Crippen molar-refractivity contribution in [3.05, 3.63) is 71.5 Å². The number of aromatic nitrogens is 3. The summed E-state index contributed by atoms with van der Waals surface area (Å²) in [7, 11) is 0. The number of hydrogen-bond acceptors (Lipinski definition) is 3. The van der Waals surface area contributed by atoms with Gasteiger partial charge in [-0.05, 0) is 43.3 Å². The Hall–Kier alpha value is -2.83. The van der Waals surface area contributed by atoms with E-state index >= 15 is 0 Å². The predicted molar refractivity (Wildman–Crippen MR) is 81.9 cm³/mol. The zero-order valence-electron chi connectivity index (χ0n) is 12.8. The van der Waals surface area contributed by atoms with E-state index < -0.39 is 11.7 Å². The first-order valence-electron chi connectivity index (χ1n) is 7.20. The third-order valence-electron chi connectivity index (χ3n) is 3.41. The Morgan fingerprint density at radius 3 is 2.29 bits per heavy atom. The molecule has 0 spiro atoms. The maximum Gasteiger partial charge on any atom is 0.416 e. The van der Waals surface area contributed by atoms with Crippen LogP contribution in [0.15, 0.2) is 54.7 Å². The number of benzene rings is 2. The summed E-state index contributed by atoms with van der Waals surface area (Å²) in [5, 5.41) is 8.01. The second-order valence-electron chi connectivity index (χ2n) is 5.30. The van der Waals surface area contributed by atoms with Gasteiger partial charge in [0, 0.05) is 0 Å². The Balaban J connectivity index is 1.64. The molecule has 2 aromatic carbocycles. The van der Waals surface area contributed by atoms with E-state index in [1.165, 1.54) is 12.1 Å². The number of hydrogen-bond donors (Lipinski definition) is 0. The van der Waals surface area contributed by atoms with Gasteiger partial charge in [-0.2, -0.15) is 13.2 Å². The first-order valence-corrected chi connectivity index (χ1v) is 7.20. The van der Waals surface area contributed by atoms with E-state index in [4.69, 9.17) is 4.74 Å². The molecule has 0 aliphatic rings. The van der Waals surface area contributed by atoms with Crippen LogP contribution in [0.25, 0.3) is 5.69 Å². The average molecular weight is 333 g/mol. The topological polar surface area (TPSA) is 39.9 Å². The van der Waals surface area contributed by atoms with Crippen LogP contribution >= 0.6 is 0 Å². The van der Waals surface area contributed by atoms with Crippen molar-refractivity contribution in [2.75, 3.05) is 0 Å². The third kappa shape index (κ3) is 3.73. The van der Waals surface area contributed by atoms with Gasteiger partial charge in [-0.1, -0.05) is 22.9 Å². The first kappa shape index (κ1) is 16.0. The molecule has 0 amide bonds. The largest absolute Gasteiger partial charge is 0.487 e. The SMILES string of the molecule is Cc1ccc(-n2cc(COc3ccc(C(F)(F)F)cc3)nn2)cc1. The Morgan fingerprint density at radius 1 is 1.00 bits per heavy atom. The molecule has 1 aromatic heterocycles. The molecule has 3 rings (SSSR count). The summed E-state index contributed by atoms with van der Waals surface area (Å²) in [6, 6.07) is 12.3. The molecule has 0 N–H and O–H groups in total. The van der Waals surface area contributed by atoms with Crippen molar-refractivity contribution in [2.45, 2.75) is 19.7 Å². The number of ether oxygens (including phenoxy) is 1. The molecule has 0 fully saturated rings. The molecule has 0 aliphatic heterocycles. The van der Waals surface area contributed by atoms with Gasteiger partial charge in [0.05, 0.1) is 17.4 Å². The van der Waals surface area contributed by atoms with E-state index in [1.807, 2.05) is 31.2 Å². The summed E-state index contributed by atoms with van der Waals surface area (Å²) in [6.45, 7) is 2.12. The van der Waals surface area contributed by atoms with Gasteiger partial charge in [0.25, 0.3) is 0 Å². The summed E-state index contributed by atoms with van der Waals surface area (Å²) >= 11 is 0. The lowest BCUT2D eigenvalue weighted by atomic mass is 10.2. The highest BCUT2D eigenvalue weighted by Crippen LogP contribution is 2.30. The van der Waals surface area contributed by atoms with Crippen LogP contribution < -0.4 is 4.74 Å². The second-order valence-corrected chi connectivity index (χ2v) is 5.30. The number of halogens is 3. The van der Waals surface area contributed by atoms with Crippen LogP contribution in [0.3, 0.4) is 0 Å². The van der Waals surface area contributed by atoms with Crippen LogP contribution in [-0.2, 0) is 12.8 Å². The molecule has 0 unspecified atom stereocenters. The fourth-order valence-electron chi connectivity index (χ4n) is 2.09. The molecule has 7 heteroatoms. The summed E-state index contributed by atoms with van der Waals surface area (Å²) in [5.41, 5.74) is 1.88. The molecule has 124 valence electrons. The van der Waals surface area contributed by atoms with Gasteiger partial charge in [-0.15, -0.1) is 5.10 Å². The summed E-state index contributed by atoms with van der Waals surface area (Å²) in [5.74, 6) is 0.341. The lowest BCUT2D eigenvalue weighted by molar-refractivity contribution is -0.137. The molecule has 0 aliphatic carbocycles. The summed E-state index contributed by atoms with van der Waals surface area (Å²) in [6.07, 6.45) is -2.63. The Labute approximate surface area is 136 Å². The van der Waals surface area contributed by atoms with Gasteiger partial charge in [0.15, 0.2) is 0 Å². The van der Waals surface area contributed by atoms with E-state index in [9.17, 15) is 13.2 Å². The maximum atomic E-state index is 12.5. The van der Waals surface area contributed by atoms with Gasteiger partial charge in [-0.3, -0.25) is 0 Å². The van der Waals surface area contributed by atoms with Crippen LogP contribution in [0.5, 0.6) is 5.75 Å². The molecule has 0 saturated heterocycles. The highest BCUT2D eigenvalue weighted by molar-refractivity contribution is 5.33. The van der Waals surface area contributed by atoms with Gasteiger partial charge in [0.1, 0.15) is 18.1 Å². The molecule has 24 heavy (non-hydrogen) atoms. The predicted octanol–water partition coefficient (Wildman–Crippen LogP) is 4.17. The Bertz CT molecular complexity index is 808. The minimum atomic E-state index is -4.35. The van der Waals surface area contributed by atoms with Crippen molar-refractivity contribution in [2.24, 2.45) is 0 Å². The van der Waals surface area contributed by atoms with Crippen LogP contribution in [-0.4, -0.2) is 15.0 Å². The van der Waals surface area contributed by atoms with Crippen molar-refractivity contribution in [3.8, 4) is 11.4 Å². The minimum absolute atomic E-state index is 0.122. The summed E-state index contributed by atoms with van der Waals surface area (Å²) < 4.78 is 44.6. The monoisotopic (exact) mass is 333 g/mol. The van der Waals surface area contributed by atoms with Crippen LogP contribution in [0.4, 0.5) is 13.2 Å². The van der Waals surface area contributed by atoms with E-state index in [-0.39, 0.29) is 6.61 Å². The van der Waals surface area contributed by atoms with Crippen molar-refractivity contribution in [1.82, 2.24) is 15.0 Å². The first-order chi connectivity index (χ1) is 11.4. The van der Waals surface area contributed by atoms with Crippen LogP contribution in [0, 0.1) is 6.92 Å². The highest BCUT2D eigenvalue weighted by Gasteiger charge is 2.30. The van der Waals surface area contributed by atoms with Crippen molar-refractivity contribution in [1.29, 1.82) is 0 Å². The zero-order chi connectivity index (χ0) is 17.2. The highest BCUT2D eigenvalue weighted by atomic mass is 19.4. The van der Waals surface area contributed by atoms with E-state index in [0.717, 1.165) is 23.4 Å².